The van der Waals surface area contributed by atoms with Gasteiger partial charge in [0.05, 0.1) is 0 Å². The number of rotatable bonds is 4. The number of hydrogen-bond acceptors (Lipinski definition) is 4. The molecule has 134 valence electrons. The molecule has 1 aromatic heterocycles. The Morgan fingerprint density at radius 3 is 2.37 bits per heavy atom. The van der Waals surface area contributed by atoms with E-state index in [0.717, 1.165) is 16.2 Å². The summed E-state index contributed by atoms with van der Waals surface area (Å²) >= 11 is 0. The van der Waals surface area contributed by atoms with E-state index in [1.54, 1.807) is 12.1 Å². The first-order valence-corrected chi connectivity index (χ1v) is 8.59. The van der Waals surface area contributed by atoms with Crippen molar-refractivity contribution in [3.63, 3.8) is 0 Å². The zero-order valence-electron chi connectivity index (χ0n) is 14.6. The Morgan fingerprint density at radius 1 is 0.889 bits per heavy atom. The Bertz CT molecular complexity index is 1110. The molecule has 0 saturated heterocycles. The van der Waals surface area contributed by atoms with E-state index < -0.39 is 18.0 Å². The second kappa shape index (κ2) is 6.96. The minimum Gasteiger partial charge on any atom is -0.449 e. The minimum absolute atomic E-state index is 0.0709. The molecule has 4 aromatic rings. The summed E-state index contributed by atoms with van der Waals surface area (Å²) in [7, 11) is 0. The van der Waals surface area contributed by atoms with Crippen molar-refractivity contribution in [3.8, 4) is 0 Å². The lowest BCUT2D eigenvalue weighted by molar-refractivity contribution is -0.123. The Kier molecular flexibility index (Phi) is 4.34. The van der Waals surface area contributed by atoms with Gasteiger partial charge in [-0.05, 0) is 42.0 Å². The molecule has 0 spiro atoms. The Labute approximate surface area is 155 Å². The molecule has 1 amide bonds. The van der Waals surface area contributed by atoms with Crippen molar-refractivity contribution in [2.24, 2.45) is 0 Å². The second-order valence-corrected chi connectivity index (χ2v) is 6.25. The molecule has 5 heteroatoms. The average molecular weight is 359 g/mol. The number of furan rings is 1. The Morgan fingerprint density at radius 2 is 1.59 bits per heavy atom. The number of benzene rings is 3. The number of para-hydroxylation sites is 1. The van der Waals surface area contributed by atoms with Crippen LogP contribution in [0.1, 0.15) is 17.5 Å². The van der Waals surface area contributed by atoms with Gasteiger partial charge in [0.15, 0.2) is 6.10 Å². The van der Waals surface area contributed by atoms with Gasteiger partial charge in [-0.25, -0.2) is 4.79 Å². The predicted octanol–water partition coefficient (Wildman–Crippen LogP) is 4.77. The number of fused-ring (bicyclic) bond motifs is 2. The molecule has 1 atom stereocenters. The minimum atomic E-state index is -0.961. The zero-order valence-corrected chi connectivity index (χ0v) is 14.6. The SMILES string of the molecule is CC(OC(=O)c1cc2ccccc2o1)C(=O)Nc1ccc2ccccc2c1. The van der Waals surface area contributed by atoms with Gasteiger partial charge in [0.1, 0.15) is 5.58 Å². The first-order valence-electron chi connectivity index (χ1n) is 8.59. The van der Waals surface area contributed by atoms with Gasteiger partial charge in [-0.2, -0.15) is 0 Å². The molecule has 1 unspecified atom stereocenters. The summed E-state index contributed by atoms with van der Waals surface area (Å²) in [6.07, 6.45) is -0.961. The van der Waals surface area contributed by atoms with E-state index in [2.05, 4.69) is 5.32 Å². The third-order valence-electron chi connectivity index (χ3n) is 4.30. The number of ether oxygens (including phenoxy) is 1. The molecule has 0 bridgehead atoms. The van der Waals surface area contributed by atoms with Gasteiger partial charge in [0, 0.05) is 11.1 Å². The van der Waals surface area contributed by atoms with Gasteiger partial charge in [0.2, 0.25) is 5.76 Å². The van der Waals surface area contributed by atoms with Gasteiger partial charge in [0.25, 0.3) is 5.91 Å². The molecule has 5 nitrogen and oxygen atoms in total. The van der Waals surface area contributed by atoms with Crippen LogP contribution in [0.2, 0.25) is 0 Å². The fourth-order valence-corrected chi connectivity index (χ4v) is 2.87. The molecule has 0 aliphatic heterocycles. The highest BCUT2D eigenvalue weighted by Crippen LogP contribution is 2.21. The number of nitrogens with one attached hydrogen (secondary N) is 1. The molecule has 3 aromatic carbocycles. The smallest absolute Gasteiger partial charge is 0.375 e. The van der Waals surface area contributed by atoms with Crippen molar-refractivity contribution in [3.05, 3.63) is 78.6 Å². The number of anilines is 1. The summed E-state index contributed by atoms with van der Waals surface area (Å²) in [5.41, 5.74) is 1.24. The van der Waals surface area contributed by atoms with Crippen molar-refractivity contribution >= 4 is 39.3 Å². The van der Waals surface area contributed by atoms with Crippen LogP contribution in [-0.4, -0.2) is 18.0 Å². The first kappa shape index (κ1) is 16.8. The van der Waals surface area contributed by atoms with Crippen molar-refractivity contribution in [1.82, 2.24) is 0 Å². The highest BCUT2D eigenvalue weighted by molar-refractivity contribution is 5.99. The van der Waals surface area contributed by atoms with Gasteiger partial charge in [-0.15, -0.1) is 0 Å². The van der Waals surface area contributed by atoms with E-state index in [-0.39, 0.29) is 5.76 Å². The summed E-state index contributed by atoms with van der Waals surface area (Å²) in [6, 6.07) is 22.4. The fourth-order valence-electron chi connectivity index (χ4n) is 2.87. The van der Waals surface area contributed by atoms with Crippen LogP contribution in [0.4, 0.5) is 5.69 Å². The van der Waals surface area contributed by atoms with E-state index >= 15 is 0 Å². The molecular weight excluding hydrogens is 342 g/mol. The van der Waals surface area contributed by atoms with Crippen molar-refractivity contribution in [1.29, 1.82) is 0 Å². The molecule has 0 fully saturated rings. The Hall–Kier alpha value is -3.60. The van der Waals surface area contributed by atoms with Gasteiger partial charge >= 0.3 is 5.97 Å². The monoisotopic (exact) mass is 359 g/mol. The third kappa shape index (κ3) is 3.53. The standard InChI is InChI=1S/C22H17NO4/c1-14(26-22(25)20-13-17-8-4-5-9-19(17)27-20)21(24)23-18-11-10-15-6-2-3-7-16(15)12-18/h2-14H,1H3,(H,23,24). The number of carbonyl (C=O) groups is 2. The summed E-state index contributed by atoms with van der Waals surface area (Å²) in [6.45, 7) is 1.52. The van der Waals surface area contributed by atoms with E-state index in [9.17, 15) is 9.59 Å². The largest absolute Gasteiger partial charge is 0.449 e. The predicted molar refractivity (Wildman–Crippen MR) is 104 cm³/mol. The maximum absolute atomic E-state index is 12.4. The van der Waals surface area contributed by atoms with E-state index in [1.807, 2.05) is 60.7 Å². The van der Waals surface area contributed by atoms with Crippen LogP contribution in [0.5, 0.6) is 0 Å². The lowest BCUT2D eigenvalue weighted by atomic mass is 10.1. The molecule has 0 saturated carbocycles. The van der Waals surface area contributed by atoms with Crippen LogP contribution in [0, 0.1) is 0 Å². The lowest BCUT2D eigenvalue weighted by Gasteiger charge is -2.13. The summed E-state index contributed by atoms with van der Waals surface area (Å²) < 4.78 is 10.7. The molecule has 27 heavy (non-hydrogen) atoms. The molecule has 0 radical (unpaired) electrons. The number of hydrogen-bond donors (Lipinski definition) is 1. The highest BCUT2D eigenvalue weighted by Gasteiger charge is 2.21. The van der Waals surface area contributed by atoms with Gasteiger partial charge in [-0.1, -0.05) is 48.5 Å². The Balaban J connectivity index is 1.44. The average Bonchev–Trinajstić information content (AvgIpc) is 3.12. The molecule has 1 heterocycles. The first-order chi connectivity index (χ1) is 13.1. The molecule has 4 rings (SSSR count). The topological polar surface area (TPSA) is 68.5 Å². The van der Waals surface area contributed by atoms with Crippen molar-refractivity contribution in [2.45, 2.75) is 13.0 Å². The number of amides is 1. The number of esters is 1. The number of carbonyl (C=O) groups excluding carboxylic acids is 2. The maximum Gasteiger partial charge on any atom is 0.375 e. The summed E-state index contributed by atoms with van der Waals surface area (Å²) in [5, 5.41) is 5.67. The van der Waals surface area contributed by atoms with E-state index in [1.165, 1.54) is 6.92 Å². The van der Waals surface area contributed by atoms with Gasteiger partial charge < -0.3 is 14.5 Å². The summed E-state index contributed by atoms with van der Waals surface area (Å²) in [4.78, 5) is 24.6. The second-order valence-electron chi connectivity index (χ2n) is 6.25. The molecule has 0 aliphatic rings. The molecule has 1 N–H and O–H groups in total. The zero-order chi connectivity index (χ0) is 18.8. The quantitative estimate of drug-likeness (QED) is 0.533. The van der Waals surface area contributed by atoms with E-state index in [4.69, 9.17) is 9.15 Å². The maximum atomic E-state index is 12.4. The third-order valence-corrected chi connectivity index (χ3v) is 4.30. The van der Waals surface area contributed by atoms with Crippen LogP contribution >= 0.6 is 0 Å². The van der Waals surface area contributed by atoms with Crippen LogP contribution in [0.3, 0.4) is 0 Å². The summed E-state index contributed by atoms with van der Waals surface area (Å²) in [5.74, 6) is -1.01. The van der Waals surface area contributed by atoms with Crippen molar-refractivity contribution in [2.75, 3.05) is 5.32 Å². The van der Waals surface area contributed by atoms with Crippen molar-refractivity contribution < 1.29 is 18.7 Å². The van der Waals surface area contributed by atoms with Gasteiger partial charge in [-0.3, -0.25) is 4.79 Å². The van der Waals surface area contributed by atoms with Crippen LogP contribution in [-0.2, 0) is 9.53 Å². The van der Waals surface area contributed by atoms with Crippen LogP contribution < -0.4 is 5.32 Å². The van der Waals surface area contributed by atoms with E-state index in [0.29, 0.717) is 11.3 Å². The van der Waals surface area contributed by atoms with Crippen LogP contribution in [0.15, 0.2) is 77.2 Å². The normalized spacial score (nSPS) is 12.0. The fraction of sp³-hybridized carbons (Fsp3) is 0.0909. The highest BCUT2D eigenvalue weighted by atomic mass is 16.6. The van der Waals surface area contributed by atoms with Crippen LogP contribution in [0.25, 0.3) is 21.7 Å². The molecular formula is C22H17NO4. The molecule has 0 aliphatic carbocycles. The lowest BCUT2D eigenvalue weighted by Crippen LogP contribution is -2.29.